The van der Waals surface area contributed by atoms with Crippen molar-refractivity contribution >= 4 is 29.9 Å². The van der Waals surface area contributed by atoms with Crippen molar-refractivity contribution < 1.29 is 4.79 Å². The van der Waals surface area contributed by atoms with Gasteiger partial charge < -0.3 is 10.6 Å². The Morgan fingerprint density at radius 3 is 2.83 bits per heavy atom. The molecule has 2 aromatic rings. The van der Waals surface area contributed by atoms with E-state index in [1.165, 1.54) is 0 Å². The molecule has 2 N–H and O–H groups in total. The summed E-state index contributed by atoms with van der Waals surface area (Å²) in [7, 11) is 0. The van der Waals surface area contributed by atoms with Gasteiger partial charge in [0.1, 0.15) is 0 Å². The standard InChI is InChI=1S/C16H19ClN4O.ClH/c1-11-15(3-2-8-18-11)20-16(22)12-9-19-21(10-12)14-6-4-13(17)5-7-14;/h4-7,9-11,15,18H,2-3,8H2,1H3,(H,20,22);1H. The smallest absolute Gasteiger partial charge is 0.254 e. The van der Waals surface area contributed by atoms with Gasteiger partial charge in [-0.25, -0.2) is 4.68 Å². The molecule has 1 aromatic carbocycles. The quantitative estimate of drug-likeness (QED) is 0.890. The Balaban J connectivity index is 0.00000192. The third-order valence-electron chi connectivity index (χ3n) is 4.01. The first kappa shape index (κ1) is 17.8. The number of amides is 1. The average Bonchev–Trinajstić information content (AvgIpc) is 3.00. The third-order valence-corrected chi connectivity index (χ3v) is 4.27. The normalized spacial score (nSPS) is 20.6. The maximum atomic E-state index is 12.3. The molecule has 1 amide bonds. The minimum Gasteiger partial charge on any atom is -0.348 e. The van der Waals surface area contributed by atoms with Crippen LogP contribution in [0.25, 0.3) is 5.69 Å². The highest BCUT2D eigenvalue weighted by Gasteiger charge is 2.23. The van der Waals surface area contributed by atoms with Gasteiger partial charge in [0.05, 0.1) is 17.4 Å². The molecule has 7 heteroatoms. The summed E-state index contributed by atoms with van der Waals surface area (Å²) < 4.78 is 1.67. The number of carbonyl (C=O) groups excluding carboxylic acids is 1. The Kier molecular flexibility index (Phi) is 6.04. The SMILES string of the molecule is CC1NCCCC1NC(=O)c1cnn(-c2ccc(Cl)cc2)c1.Cl. The monoisotopic (exact) mass is 354 g/mol. The van der Waals surface area contributed by atoms with Gasteiger partial charge in [-0.3, -0.25) is 4.79 Å². The molecule has 1 saturated heterocycles. The molecule has 1 aliphatic heterocycles. The number of aromatic nitrogens is 2. The van der Waals surface area contributed by atoms with Gasteiger partial charge in [-0.1, -0.05) is 11.6 Å². The molecule has 2 atom stereocenters. The first-order valence-electron chi connectivity index (χ1n) is 7.48. The molecule has 5 nitrogen and oxygen atoms in total. The van der Waals surface area contributed by atoms with E-state index in [0.717, 1.165) is 25.1 Å². The molecule has 1 aromatic heterocycles. The number of hydrogen-bond acceptors (Lipinski definition) is 3. The summed E-state index contributed by atoms with van der Waals surface area (Å²) in [5.74, 6) is -0.0826. The van der Waals surface area contributed by atoms with Crippen LogP contribution in [0.1, 0.15) is 30.1 Å². The van der Waals surface area contributed by atoms with E-state index in [1.54, 1.807) is 29.2 Å². The van der Waals surface area contributed by atoms with E-state index in [-0.39, 0.29) is 24.4 Å². The minimum absolute atomic E-state index is 0. The summed E-state index contributed by atoms with van der Waals surface area (Å²) in [5, 5.41) is 11.4. The lowest BCUT2D eigenvalue weighted by Crippen LogP contribution is -2.51. The first-order valence-corrected chi connectivity index (χ1v) is 7.86. The van der Waals surface area contributed by atoms with Gasteiger partial charge in [-0.2, -0.15) is 5.10 Å². The minimum atomic E-state index is -0.0826. The number of hydrogen-bond donors (Lipinski definition) is 2. The molecular weight excluding hydrogens is 335 g/mol. The highest BCUT2D eigenvalue weighted by Crippen LogP contribution is 2.14. The fourth-order valence-electron chi connectivity index (χ4n) is 2.67. The van der Waals surface area contributed by atoms with Gasteiger partial charge in [0.15, 0.2) is 0 Å². The summed E-state index contributed by atoms with van der Waals surface area (Å²) in [6, 6.07) is 7.79. The topological polar surface area (TPSA) is 58.9 Å². The zero-order chi connectivity index (χ0) is 15.5. The van der Waals surface area contributed by atoms with Crippen molar-refractivity contribution in [2.24, 2.45) is 0 Å². The Morgan fingerprint density at radius 2 is 2.13 bits per heavy atom. The molecule has 0 aliphatic carbocycles. The number of piperidine rings is 1. The fourth-order valence-corrected chi connectivity index (χ4v) is 2.79. The molecule has 0 spiro atoms. The summed E-state index contributed by atoms with van der Waals surface area (Å²) in [5.41, 5.74) is 1.43. The number of rotatable bonds is 3. The molecule has 2 unspecified atom stereocenters. The molecule has 0 bridgehead atoms. The van der Waals surface area contributed by atoms with E-state index >= 15 is 0 Å². The van der Waals surface area contributed by atoms with Gasteiger partial charge in [0.25, 0.3) is 5.91 Å². The second kappa shape index (κ2) is 7.81. The van der Waals surface area contributed by atoms with Gasteiger partial charge in [0, 0.05) is 23.3 Å². The van der Waals surface area contributed by atoms with Gasteiger partial charge in [0.2, 0.25) is 0 Å². The van der Waals surface area contributed by atoms with Gasteiger partial charge in [-0.15, -0.1) is 12.4 Å². The zero-order valence-electron chi connectivity index (χ0n) is 12.8. The van der Waals surface area contributed by atoms with Crippen LogP contribution in [0.5, 0.6) is 0 Å². The van der Waals surface area contributed by atoms with Gasteiger partial charge in [-0.05, 0) is 50.6 Å². The molecule has 0 radical (unpaired) electrons. The van der Waals surface area contributed by atoms with Gasteiger partial charge >= 0.3 is 0 Å². The van der Waals surface area contributed by atoms with E-state index in [1.807, 2.05) is 12.1 Å². The number of carbonyl (C=O) groups is 1. The lowest BCUT2D eigenvalue weighted by molar-refractivity contribution is 0.0920. The number of benzene rings is 1. The largest absolute Gasteiger partial charge is 0.348 e. The van der Waals surface area contributed by atoms with Crippen molar-refractivity contribution in [3.05, 3.63) is 47.2 Å². The van der Waals surface area contributed by atoms with Crippen molar-refractivity contribution in [2.45, 2.75) is 31.8 Å². The molecule has 1 aliphatic rings. The zero-order valence-corrected chi connectivity index (χ0v) is 14.4. The highest BCUT2D eigenvalue weighted by molar-refractivity contribution is 6.30. The molecule has 2 heterocycles. The van der Waals surface area contributed by atoms with Crippen LogP contribution < -0.4 is 10.6 Å². The van der Waals surface area contributed by atoms with Crippen LogP contribution >= 0.6 is 24.0 Å². The lowest BCUT2D eigenvalue weighted by atomic mass is 10.00. The average molecular weight is 355 g/mol. The molecule has 3 rings (SSSR count). The van der Waals surface area contributed by atoms with Crippen molar-refractivity contribution in [1.29, 1.82) is 0 Å². The summed E-state index contributed by atoms with van der Waals surface area (Å²) in [4.78, 5) is 12.3. The summed E-state index contributed by atoms with van der Waals surface area (Å²) in [6.45, 7) is 3.11. The summed E-state index contributed by atoms with van der Waals surface area (Å²) in [6.07, 6.45) is 5.41. The van der Waals surface area contributed by atoms with Crippen LogP contribution in [0.2, 0.25) is 5.02 Å². The predicted molar refractivity (Wildman–Crippen MR) is 93.8 cm³/mol. The fraction of sp³-hybridized carbons (Fsp3) is 0.375. The van der Waals surface area contributed by atoms with Crippen molar-refractivity contribution in [3.63, 3.8) is 0 Å². The van der Waals surface area contributed by atoms with Crippen molar-refractivity contribution in [2.75, 3.05) is 6.54 Å². The van der Waals surface area contributed by atoms with Crippen LogP contribution in [-0.4, -0.2) is 34.3 Å². The predicted octanol–water partition coefficient (Wildman–Crippen LogP) is 2.82. The Labute approximate surface area is 146 Å². The van der Waals surface area contributed by atoms with Crippen LogP contribution in [0.3, 0.4) is 0 Å². The molecule has 0 saturated carbocycles. The lowest BCUT2D eigenvalue weighted by Gasteiger charge is -2.30. The van der Waals surface area contributed by atoms with E-state index < -0.39 is 0 Å². The van der Waals surface area contributed by atoms with Crippen LogP contribution in [0, 0.1) is 0 Å². The summed E-state index contributed by atoms with van der Waals surface area (Å²) >= 11 is 5.88. The van der Waals surface area contributed by atoms with E-state index in [9.17, 15) is 4.79 Å². The van der Waals surface area contributed by atoms with Crippen LogP contribution in [0.15, 0.2) is 36.7 Å². The molecular formula is C16H20Cl2N4O. The molecule has 1 fully saturated rings. The second-order valence-electron chi connectivity index (χ2n) is 5.61. The Morgan fingerprint density at radius 1 is 1.39 bits per heavy atom. The van der Waals surface area contributed by atoms with Crippen molar-refractivity contribution in [1.82, 2.24) is 20.4 Å². The van der Waals surface area contributed by atoms with Crippen LogP contribution in [-0.2, 0) is 0 Å². The first-order chi connectivity index (χ1) is 10.6. The number of nitrogens with one attached hydrogen (secondary N) is 2. The molecule has 124 valence electrons. The number of halogens is 2. The highest BCUT2D eigenvalue weighted by atomic mass is 35.5. The van der Waals surface area contributed by atoms with E-state index in [2.05, 4.69) is 22.7 Å². The second-order valence-corrected chi connectivity index (χ2v) is 6.05. The maximum absolute atomic E-state index is 12.3. The third kappa shape index (κ3) is 4.25. The Hall–Kier alpha value is -1.56. The van der Waals surface area contributed by atoms with Crippen LogP contribution in [0.4, 0.5) is 0 Å². The van der Waals surface area contributed by atoms with Crippen molar-refractivity contribution in [3.8, 4) is 5.69 Å². The molecule has 23 heavy (non-hydrogen) atoms. The maximum Gasteiger partial charge on any atom is 0.254 e. The van der Waals surface area contributed by atoms with E-state index in [4.69, 9.17) is 11.6 Å². The number of nitrogens with zero attached hydrogens (tertiary/aromatic N) is 2. The van der Waals surface area contributed by atoms with E-state index in [0.29, 0.717) is 16.6 Å². The Bertz CT molecular complexity index is 656.